The fourth-order valence-electron chi connectivity index (χ4n) is 2.16. The van der Waals surface area contributed by atoms with Gasteiger partial charge in [-0.2, -0.15) is 0 Å². The highest BCUT2D eigenvalue weighted by Crippen LogP contribution is 2.17. The minimum Gasteiger partial charge on any atom is -0.357 e. The maximum atomic E-state index is 12.7. The van der Waals surface area contributed by atoms with Gasteiger partial charge in [-0.15, -0.1) is 0 Å². The molecule has 1 saturated heterocycles. The van der Waals surface area contributed by atoms with Gasteiger partial charge in [0.1, 0.15) is 11.6 Å². The molecule has 1 aromatic rings. The van der Waals surface area contributed by atoms with Crippen LogP contribution in [0.2, 0.25) is 0 Å². The smallest absolute Gasteiger partial charge is 0.141 e. The van der Waals surface area contributed by atoms with Crippen molar-refractivity contribution in [3.63, 3.8) is 0 Å². The molecule has 2 rings (SSSR count). The van der Waals surface area contributed by atoms with Gasteiger partial charge in [0, 0.05) is 19.1 Å². The van der Waals surface area contributed by atoms with E-state index >= 15 is 0 Å². The van der Waals surface area contributed by atoms with Crippen molar-refractivity contribution in [1.29, 1.82) is 0 Å². The molecular weight excluding hydrogens is 205 g/mol. The number of piperidine rings is 1. The second-order valence-electron chi connectivity index (χ2n) is 4.15. The average molecular weight is 223 g/mol. The molecule has 0 aromatic carbocycles. The highest BCUT2D eigenvalue weighted by atomic mass is 19.1. The van der Waals surface area contributed by atoms with Crippen molar-refractivity contribution in [2.45, 2.75) is 25.8 Å². The highest BCUT2D eigenvalue weighted by molar-refractivity contribution is 5.38. The van der Waals surface area contributed by atoms with Crippen molar-refractivity contribution < 1.29 is 4.39 Å². The van der Waals surface area contributed by atoms with E-state index in [1.807, 2.05) is 0 Å². The van der Waals surface area contributed by atoms with Crippen LogP contribution in [0.25, 0.3) is 0 Å². The Balaban J connectivity index is 1.91. The highest BCUT2D eigenvalue weighted by Gasteiger charge is 2.18. The van der Waals surface area contributed by atoms with Gasteiger partial charge >= 0.3 is 0 Å². The quantitative estimate of drug-likeness (QED) is 0.847. The first-order chi connectivity index (χ1) is 7.79. The van der Waals surface area contributed by atoms with Gasteiger partial charge in [0.15, 0.2) is 0 Å². The molecule has 0 bridgehead atoms. The summed E-state index contributed by atoms with van der Waals surface area (Å²) < 4.78 is 12.7. The van der Waals surface area contributed by atoms with Crippen molar-refractivity contribution in [1.82, 2.24) is 10.3 Å². The third-order valence-electron chi connectivity index (χ3n) is 3.02. The van der Waals surface area contributed by atoms with E-state index in [0.717, 1.165) is 38.3 Å². The molecule has 2 heterocycles. The van der Waals surface area contributed by atoms with E-state index in [2.05, 4.69) is 22.1 Å². The summed E-state index contributed by atoms with van der Waals surface area (Å²) in [6, 6.07) is 3.85. The molecule has 0 atom stereocenters. The second kappa shape index (κ2) is 5.25. The fraction of sp³-hybridized carbons (Fsp3) is 0.583. The van der Waals surface area contributed by atoms with Crippen LogP contribution in [0.4, 0.5) is 10.2 Å². The summed E-state index contributed by atoms with van der Waals surface area (Å²) in [5.41, 5.74) is 0. The molecule has 0 spiro atoms. The number of rotatable bonds is 3. The van der Waals surface area contributed by atoms with Crippen LogP contribution in [0.1, 0.15) is 19.8 Å². The summed E-state index contributed by atoms with van der Waals surface area (Å²) >= 11 is 0. The van der Waals surface area contributed by atoms with Crippen LogP contribution in [0, 0.1) is 5.82 Å². The number of hydrogen-bond acceptors (Lipinski definition) is 3. The van der Waals surface area contributed by atoms with Crippen molar-refractivity contribution in [3.05, 3.63) is 24.1 Å². The Morgan fingerprint density at radius 2 is 2.19 bits per heavy atom. The van der Waals surface area contributed by atoms with Crippen LogP contribution in [0.5, 0.6) is 0 Å². The Bertz CT molecular complexity index is 318. The predicted molar refractivity (Wildman–Crippen MR) is 63.1 cm³/mol. The maximum absolute atomic E-state index is 12.7. The fourth-order valence-corrected chi connectivity index (χ4v) is 2.16. The number of halogens is 1. The largest absolute Gasteiger partial charge is 0.357 e. The van der Waals surface area contributed by atoms with Gasteiger partial charge in [0.2, 0.25) is 0 Å². The monoisotopic (exact) mass is 223 g/mol. The molecule has 1 aliphatic heterocycles. The van der Waals surface area contributed by atoms with Gasteiger partial charge in [-0.1, -0.05) is 6.92 Å². The van der Waals surface area contributed by atoms with Crippen LogP contribution in [0.15, 0.2) is 18.3 Å². The van der Waals surface area contributed by atoms with Crippen LogP contribution < -0.4 is 10.2 Å². The summed E-state index contributed by atoms with van der Waals surface area (Å²) in [4.78, 5) is 6.32. The molecule has 1 aliphatic rings. The summed E-state index contributed by atoms with van der Waals surface area (Å²) in [6.45, 7) is 5.15. The van der Waals surface area contributed by atoms with E-state index in [1.54, 1.807) is 6.07 Å². The predicted octanol–water partition coefficient (Wildman–Crippen LogP) is 1.80. The molecule has 1 N–H and O–H groups in total. The SMILES string of the molecule is CCNC1CCN(c2ccc(F)cn2)CC1. The zero-order chi connectivity index (χ0) is 11.4. The molecule has 1 aromatic heterocycles. The Labute approximate surface area is 95.7 Å². The first kappa shape index (κ1) is 11.3. The molecule has 0 aliphatic carbocycles. The number of pyridine rings is 1. The molecule has 1 fully saturated rings. The van der Waals surface area contributed by atoms with Gasteiger partial charge < -0.3 is 10.2 Å². The van der Waals surface area contributed by atoms with E-state index in [1.165, 1.54) is 12.3 Å². The second-order valence-corrected chi connectivity index (χ2v) is 4.15. The van der Waals surface area contributed by atoms with Crippen molar-refractivity contribution in [2.75, 3.05) is 24.5 Å². The zero-order valence-corrected chi connectivity index (χ0v) is 9.62. The van der Waals surface area contributed by atoms with Crippen molar-refractivity contribution in [3.8, 4) is 0 Å². The van der Waals surface area contributed by atoms with E-state index < -0.39 is 0 Å². The number of hydrogen-bond donors (Lipinski definition) is 1. The summed E-state index contributed by atoms with van der Waals surface area (Å²) in [6.07, 6.45) is 3.55. The summed E-state index contributed by atoms with van der Waals surface area (Å²) in [5.74, 6) is 0.614. The minimum absolute atomic E-state index is 0.272. The standard InChI is InChI=1S/C12H18FN3/c1-2-14-11-5-7-16(8-6-11)12-4-3-10(13)9-15-12/h3-4,9,11,14H,2,5-8H2,1H3. The molecule has 0 unspecified atom stereocenters. The van der Waals surface area contributed by atoms with Crippen LogP contribution in [-0.2, 0) is 0 Å². The maximum Gasteiger partial charge on any atom is 0.141 e. The Morgan fingerprint density at radius 1 is 1.44 bits per heavy atom. The lowest BCUT2D eigenvalue weighted by molar-refractivity contribution is 0.422. The van der Waals surface area contributed by atoms with Crippen LogP contribution in [0.3, 0.4) is 0 Å². The molecular formula is C12H18FN3. The molecule has 0 saturated carbocycles. The number of aromatic nitrogens is 1. The average Bonchev–Trinajstić information content (AvgIpc) is 2.32. The van der Waals surface area contributed by atoms with Gasteiger partial charge in [-0.05, 0) is 31.5 Å². The van der Waals surface area contributed by atoms with E-state index in [0.29, 0.717) is 6.04 Å². The van der Waals surface area contributed by atoms with E-state index in [4.69, 9.17) is 0 Å². The molecule has 0 radical (unpaired) electrons. The van der Waals surface area contributed by atoms with Crippen LogP contribution in [-0.4, -0.2) is 30.7 Å². The third kappa shape index (κ3) is 2.70. The zero-order valence-electron chi connectivity index (χ0n) is 9.62. The lowest BCUT2D eigenvalue weighted by Gasteiger charge is -2.33. The van der Waals surface area contributed by atoms with Gasteiger partial charge in [0.25, 0.3) is 0 Å². The van der Waals surface area contributed by atoms with E-state index in [-0.39, 0.29) is 5.82 Å². The Morgan fingerprint density at radius 3 is 2.75 bits per heavy atom. The molecule has 88 valence electrons. The number of nitrogens with zero attached hydrogens (tertiary/aromatic N) is 2. The van der Waals surface area contributed by atoms with Gasteiger partial charge in [0.05, 0.1) is 6.20 Å². The van der Waals surface area contributed by atoms with Crippen molar-refractivity contribution in [2.24, 2.45) is 0 Å². The molecule has 0 amide bonds. The lowest BCUT2D eigenvalue weighted by atomic mass is 10.1. The lowest BCUT2D eigenvalue weighted by Crippen LogP contribution is -2.42. The van der Waals surface area contributed by atoms with E-state index in [9.17, 15) is 4.39 Å². The number of anilines is 1. The van der Waals surface area contributed by atoms with Gasteiger partial charge in [-0.25, -0.2) is 9.37 Å². The molecule has 4 heteroatoms. The Kier molecular flexibility index (Phi) is 3.72. The summed E-state index contributed by atoms with van der Waals surface area (Å²) in [7, 11) is 0. The Hall–Kier alpha value is -1.16. The first-order valence-corrected chi connectivity index (χ1v) is 5.89. The summed E-state index contributed by atoms with van der Waals surface area (Å²) in [5, 5.41) is 3.46. The topological polar surface area (TPSA) is 28.2 Å². The number of nitrogens with one attached hydrogen (secondary N) is 1. The van der Waals surface area contributed by atoms with Crippen molar-refractivity contribution >= 4 is 5.82 Å². The molecule has 3 nitrogen and oxygen atoms in total. The normalized spacial score (nSPS) is 17.8. The first-order valence-electron chi connectivity index (χ1n) is 5.89. The van der Waals surface area contributed by atoms with Gasteiger partial charge in [-0.3, -0.25) is 0 Å². The van der Waals surface area contributed by atoms with Crippen LogP contribution >= 0.6 is 0 Å². The molecule has 16 heavy (non-hydrogen) atoms. The minimum atomic E-state index is -0.272. The third-order valence-corrected chi connectivity index (χ3v) is 3.02.